The van der Waals surface area contributed by atoms with Gasteiger partial charge >= 0.3 is 0 Å². The third kappa shape index (κ3) is 2.99. The lowest BCUT2D eigenvalue weighted by Gasteiger charge is -2.52. The molecule has 1 heterocycles. The van der Waals surface area contributed by atoms with E-state index in [1.807, 2.05) is 0 Å². The van der Waals surface area contributed by atoms with Gasteiger partial charge in [0, 0.05) is 24.6 Å². The van der Waals surface area contributed by atoms with Gasteiger partial charge in [0.1, 0.15) is 0 Å². The monoisotopic (exact) mass is 243 g/mol. The van der Waals surface area contributed by atoms with Crippen molar-refractivity contribution in [2.75, 3.05) is 33.0 Å². The summed E-state index contributed by atoms with van der Waals surface area (Å²) < 4.78 is 16.7. The molecule has 0 aromatic rings. The molecule has 2 rings (SSSR count). The number of hydrogen-bond donors (Lipinski definition) is 1. The van der Waals surface area contributed by atoms with E-state index in [1.165, 1.54) is 0 Å². The second kappa shape index (κ2) is 5.65. The van der Waals surface area contributed by atoms with Crippen molar-refractivity contribution in [1.29, 1.82) is 0 Å². The van der Waals surface area contributed by atoms with E-state index in [4.69, 9.17) is 14.2 Å². The highest BCUT2D eigenvalue weighted by molar-refractivity contribution is 5.02. The average Bonchev–Trinajstić information content (AvgIpc) is 2.34. The Labute approximate surface area is 104 Å². The van der Waals surface area contributed by atoms with Gasteiger partial charge in [-0.1, -0.05) is 13.8 Å². The van der Waals surface area contributed by atoms with E-state index in [1.54, 1.807) is 0 Å². The van der Waals surface area contributed by atoms with E-state index in [0.29, 0.717) is 12.1 Å². The quantitative estimate of drug-likeness (QED) is 0.787. The summed E-state index contributed by atoms with van der Waals surface area (Å²) in [6.07, 6.45) is 1.72. The van der Waals surface area contributed by atoms with Crippen LogP contribution in [0.15, 0.2) is 0 Å². The van der Waals surface area contributed by atoms with Crippen LogP contribution in [0, 0.1) is 5.41 Å². The summed E-state index contributed by atoms with van der Waals surface area (Å²) >= 11 is 0. The van der Waals surface area contributed by atoms with Gasteiger partial charge in [0.05, 0.1) is 32.0 Å². The molecule has 17 heavy (non-hydrogen) atoms. The fourth-order valence-electron chi connectivity index (χ4n) is 2.64. The van der Waals surface area contributed by atoms with Crippen LogP contribution in [-0.4, -0.2) is 51.2 Å². The normalized spacial score (nSPS) is 36.5. The summed E-state index contributed by atoms with van der Waals surface area (Å²) in [7, 11) is 0. The molecule has 0 aromatic heterocycles. The van der Waals surface area contributed by atoms with Gasteiger partial charge in [-0.05, 0) is 13.3 Å². The Kier molecular flexibility index (Phi) is 4.42. The third-order valence-electron chi connectivity index (χ3n) is 4.02. The largest absolute Gasteiger partial charge is 0.378 e. The zero-order valence-corrected chi connectivity index (χ0v) is 11.2. The molecular formula is C13H25NO3. The number of ether oxygens (including phenoxy) is 3. The molecule has 100 valence electrons. The molecule has 2 aliphatic rings. The van der Waals surface area contributed by atoms with Crippen LogP contribution in [0.1, 0.15) is 27.2 Å². The Morgan fingerprint density at radius 3 is 2.76 bits per heavy atom. The average molecular weight is 243 g/mol. The lowest BCUT2D eigenvalue weighted by molar-refractivity contribution is -0.123. The highest BCUT2D eigenvalue weighted by atomic mass is 16.6. The maximum atomic E-state index is 5.72. The zero-order valence-electron chi connectivity index (χ0n) is 11.2. The van der Waals surface area contributed by atoms with Crippen molar-refractivity contribution in [2.45, 2.75) is 45.4 Å². The summed E-state index contributed by atoms with van der Waals surface area (Å²) in [5.41, 5.74) is 0.228. The summed E-state index contributed by atoms with van der Waals surface area (Å²) in [6.45, 7) is 10.5. The fraction of sp³-hybridized carbons (Fsp3) is 1.00. The molecule has 1 aliphatic heterocycles. The summed E-state index contributed by atoms with van der Waals surface area (Å²) in [6, 6.07) is 0.532. The van der Waals surface area contributed by atoms with E-state index in [2.05, 4.69) is 26.1 Å². The first-order valence-electron chi connectivity index (χ1n) is 6.69. The van der Waals surface area contributed by atoms with Crippen molar-refractivity contribution in [3.63, 3.8) is 0 Å². The molecule has 3 atom stereocenters. The van der Waals surface area contributed by atoms with Gasteiger partial charge in [-0.25, -0.2) is 0 Å². The Hall–Kier alpha value is -0.160. The summed E-state index contributed by atoms with van der Waals surface area (Å²) in [5.74, 6) is 0. The van der Waals surface area contributed by atoms with Crippen molar-refractivity contribution in [1.82, 2.24) is 5.32 Å². The SMILES string of the molecule is CCOC1CC(NCC2COCCO2)C1(C)C. The molecule has 0 aromatic carbocycles. The van der Waals surface area contributed by atoms with Crippen LogP contribution in [0.3, 0.4) is 0 Å². The zero-order chi connectivity index (χ0) is 12.3. The lowest BCUT2D eigenvalue weighted by Crippen LogP contribution is -2.62. The van der Waals surface area contributed by atoms with Crippen LogP contribution in [-0.2, 0) is 14.2 Å². The lowest BCUT2D eigenvalue weighted by atomic mass is 9.64. The fourth-order valence-corrected chi connectivity index (χ4v) is 2.64. The van der Waals surface area contributed by atoms with Gasteiger partial charge in [-0.15, -0.1) is 0 Å². The second-order valence-corrected chi connectivity index (χ2v) is 5.53. The van der Waals surface area contributed by atoms with Crippen molar-refractivity contribution >= 4 is 0 Å². The van der Waals surface area contributed by atoms with Gasteiger partial charge in [-0.2, -0.15) is 0 Å². The Bertz CT molecular complexity index is 239. The van der Waals surface area contributed by atoms with Gasteiger partial charge in [-0.3, -0.25) is 0 Å². The molecule has 0 amide bonds. The molecule has 4 nitrogen and oxygen atoms in total. The van der Waals surface area contributed by atoms with Crippen LogP contribution >= 0.6 is 0 Å². The molecule has 1 saturated carbocycles. The predicted octanol–water partition coefficient (Wildman–Crippen LogP) is 1.19. The molecule has 4 heteroatoms. The van der Waals surface area contributed by atoms with Crippen LogP contribution in [0.2, 0.25) is 0 Å². The molecule has 1 saturated heterocycles. The van der Waals surface area contributed by atoms with Crippen molar-refractivity contribution < 1.29 is 14.2 Å². The molecule has 3 unspecified atom stereocenters. The van der Waals surface area contributed by atoms with Crippen LogP contribution in [0.4, 0.5) is 0 Å². The first-order valence-corrected chi connectivity index (χ1v) is 6.69. The van der Waals surface area contributed by atoms with Crippen LogP contribution in [0.25, 0.3) is 0 Å². The van der Waals surface area contributed by atoms with E-state index in [0.717, 1.165) is 39.4 Å². The van der Waals surface area contributed by atoms with Crippen LogP contribution < -0.4 is 5.32 Å². The van der Waals surface area contributed by atoms with Crippen molar-refractivity contribution in [3.8, 4) is 0 Å². The standard InChI is InChI=1S/C13H25NO3/c1-4-16-12-7-11(13(12,2)3)14-8-10-9-15-5-6-17-10/h10-12,14H,4-9H2,1-3H3. The van der Waals surface area contributed by atoms with E-state index in [-0.39, 0.29) is 11.5 Å². The molecule has 0 spiro atoms. The molecule has 1 N–H and O–H groups in total. The first-order chi connectivity index (χ1) is 8.14. The third-order valence-corrected chi connectivity index (χ3v) is 4.02. The second-order valence-electron chi connectivity index (χ2n) is 5.53. The molecule has 1 aliphatic carbocycles. The highest BCUT2D eigenvalue weighted by Gasteiger charge is 2.48. The van der Waals surface area contributed by atoms with Crippen molar-refractivity contribution in [3.05, 3.63) is 0 Å². The van der Waals surface area contributed by atoms with Crippen molar-refractivity contribution in [2.24, 2.45) is 5.41 Å². The summed E-state index contributed by atoms with van der Waals surface area (Å²) in [5, 5.41) is 3.58. The predicted molar refractivity (Wildman–Crippen MR) is 66.2 cm³/mol. The molecule has 2 fully saturated rings. The Balaban J connectivity index is 1.70. The van der Waals surface area contributed by atoms with E-state index >= 15 is 0 Å². The van der Waals surface area contributed by atoms with Gasteiger partial charge < -0.3 is 19.5 Å². The number of rotatable bonds is 5. The first kappa shape index (κ1) is 13.3. The topological polar surface area (TPSA) is 39.7 Å². The Morgan fingerprint density at radius 1 is 1.35 bits per heavy atom. The summed E-state index contributed by atoms with van der Waals surface area (Å²) in [4.78, 5) is 0. The smallest absolute Gasteiger partial charge is 0.0933 e. The maximum Gasteiger partial charge on any atom is 0.0933 e. The van der Waals surface area contributed by atoms with Gasteiger partial charge in [0.2, 0.25) is 0 Å². The highest BCUT2D eigenvalue weighted by Crippen LogP contribution is 2.42. The maximum absolute atomic E-state index is 5.72. The van der Waals surface area contributed by atoms with E-state index < -0.39 is 0 Å². The van der Waals surface area contributed by atoms with Gasteiger partial charge in [0.15, 0.2) is 0 Å². The number of hydrogen-bond acceptors (Lipinski definition) is 4. The molecule has 0 bridgehead atoms. The molecular weight excluding hydrogens is 218 g/mol. The van der Waals surface area contributed by atoms with Crippen LogP contribution in [0.5, 0.6) is 0 Å². The number of nitrogens with one attached hydrogen (secondary N) is 1. The minimum Gasteiger partial charge on any atom is -0.378 e. The molecule has 0 radical (unpaired) electrons. The minimum absolute atomic E-state index is 0.214. The minimum atomic E-state index is 0.214. The van der Waals surface area contributed by atoms with Gasteiger partial charge in [0.25, 0.3) is 0 Å². The Morgan fingerprint density at radius 2 is 2.18 bits per heavy atom. The van der Waals surface area contributed by atoms with E-state index in [9.17, 15) is 0 Å².